The molecule has 0 amide bonds. The highest BCUT2D eigenvalue weighted by atomic mass is 16.5. The predicted molar refractivity (Wildman–Crippen MR) is 65.1 cm³/mol. The van der Waals surface area contributed by atoms with Gasteiger partial charge in [-0.15, -0.1) is 0 Å². The van der Waals surface area contributed by atoms with Crippen LogP contribution in [-0.2, 0) is 4.74 Å². The molecule has 0 radical (unpaired) electrons. The van der Waals surface area contributed by atoms with Gasteiger partial charge in [-0.2, -0.15) is 0 Å². The van der Waals surface area contributed by atoms with Gasteiger partial charge < -0.3 is 10.1 Å². The van der Waals surface area contributed by atoms with Crippen LogP contribution in [0.15, 0.2) is 0 Å². The van der Waals surface area contributed by atoms with Crippen LogP contribution in [0.2, 0.25) is 0 Å². The summed E-state index contributed by atoms with van der Waals surface area (Å²) in [4.78, 5) is 0. The second-order valence-electron chi connectivity index (χ2n) is 5.14. The summed E-state index contributed by atoms with van der Waals surface area (Å²) in [7, 11) is 0. The fourth-order valence-electron chi connectivity index (χ4n) is 1.97. The van der Waals surface area contributed by atoms with E-state index in [-0.39, 0.29) is 0 Å². The monoisotopic (exact) mass is 213 g/mol. The summed E-state index contributed by atoms with van der Waals surface area (Å²) in [5.74, 6) is 1.73. The molecule has 2 atom stereocenters. The Morgan fingerprint density at radius 3 is 2.40 bits per heavy atom. The summed E-state index contributed by atoms with van der Waals surface area (Å²) in [6.45, 7) is 10.8. The molecule has 2 heteroatoms. The molecule has 0 aromatic carbocycles. The van der Waals surface area contributed by atoms with E-state index in [1.165, 1.54) is 19.3 Å². The smallest absolute Gasteiger partial charge is 0.0625 e. The molecule has 1 fully saturated rings. The first-order valence-electron chi connectivity index (χ1n) is 6.50. The molecule has 1 rings (SSSR count). The third-order valence-corrected chi connectivity index (χ3v) is 3.27. The zero-order valence-electron chi connectivity index (χ0n) is 10.8. The average molecular weight is 213 g/mol. The molecule has 1 N–H and O–H groups in total. The molecule has 1 aliphatic carbocycles. The highest BCUT2D eigenvalue weighted by Crippen LogP contribution is 2.38. The maximum Gasteiger partial charge on any atom is 0.0625 e. The van der Waals surface area contributed by atoms with Crippen molar-refractivity contribution in [1.29, 1.82) is 0 Å². The van der Waals surface area contributed by atoms with Crippen LogP contribution in [0.3, 0.4) is 0 Å². The zero-order valence-corrected chi connectivity index (χ0v) is 10.8. The van der Waals surface area contributed by atoms with Crippen molar-refractivity contribution in [2.75, 3.05) is 13.2 Å². The summed E-state index contributed by atoms with van der Waals surface area (Å²) in [5.41, 5.74) is 0. The molecule has 0 aromatic rings. The van der Waals surface area contributed by atoms with Gasteiger partial charge in [0, 0.05) is 6.04 Å². The second kappa shape index (κ2) is 6.49. The lowest BCUT2D eigenvalue weighted by atomic mass is 9.97. The van der Waals surface area contributed by atoms with Crippen LogP contribution in [0.25, 0.3) is 0 Å². The fraction of sp³-hybridized carbons (Fsp3) is 1.00. The topological polar surface area (TPSA) is 21.3 Å². The second-order valence-corrected chi connectivity index (χ2v) is 5.14. The highest BCUT2D eigenvalue weighted by molar-refractivity contribution is 4.86. The minimum atomic E-state index is 0.349. The number of hydrogen-bond acceptors (Lipinski definition) is 2. The predicted octanol–water partition coefficient (Wildman–Crippen LogP) is 2.83. The standard InChI is InChI=1S/C13H27NO/c1-5-8-14-13(9-15-10(2)3)11(4)12-6-7-12/h10-14H,5-9H2,1-4H3. The molecule has 2 nitrogen and oxygen atoms in total. The van der Waals surface area contributed by atoms with Gasteiger partial charge in [0.25, 0.3) is 0 Å². The van der Waals surface area contributed by atoms with Crippen LogP contribution in [0.1, 0.15) is 47.0 Å². The molecule has 0 saturated heterocycles. The van der Waals surface area contributed by atoms with Crippen LogP contribution in [0.5, 0.6) is 0 Å². The first-order valence-corrected chi connectivity index (χ1v) is 6.50. The number of ether oxygens (including phenoxy) is 1. The van der Waals surface area contributed by atoms with Crippen molar-refractivity contribution in [3.05, 3.63) is 0 Å². The van der Waals surface area contributed by atoms with Crippen molar-refractivity contribution in [3.63, 3.8) is 0 Å². The molecular weight excluding hydrogens is 186 g/mol. The van der Waals surface area contributed by atoms with E-state index in [1.807, 2.05) is 0 Å². The minimum Gasteiger partial charge on any atom is -0.377 e. The van der Waals surface area contributed by atoms with Crippen molar-refractivity contribution >= 4 is 0 Å². The largest absolute Gasteiger partial charge is 0.377 e. The van der Waals surface area contributed by atoms with Gasteiger partial charge in [0.15, 0.2) is 0 Å². The van der Waals surface area contributed by atoms with Crippen LogP contribution in [-0.4, -0.2) is 25.3 Å². The lowest BCUT2D eigenvalue weighted by Crippen LogP contribution is -2.40. The molecule has 0 aromatic heterocycles. The Balaban J connectivity index is 2.29. The third kappa shape index (κ3) is 4.98. The molecule has 1 aliphatic rings. The number of hydrogen-bond donors (Lipinski definition) is 1. The molecule has 0 aliphatic heterocycles. The Kier molecular flexibility index (Phi) is 5.62. The van der Waals surface area contributed by atoms with Gasteiger partial charge in [-0.05, 0) is 51.5 Å². The van der Waals surface area contributed by atoms with E-state index < -0.39 is 0 Å². The summed E-state index contributed by atoms with van der Waals surface area (Å²) in [6.07, 6.45) is 4.40. The minimum absolute atomic E-state index is 0.349. The highest BCUT2D eigenvalue weighted by Gasteiger charge is 2.33. The molecule has 90 valence electrons. The van der Waals surface area contributed by atoms with E-state index in [2.05, 4.69) is 33.0 Å². The van der Waals surface area contributed by atoms with Gasteiger partial charge in [-0.3, -0.25) is 0 Å². The Morgan fingerprint density at radius 2 is 1.93 bits per heavy atom. The van der Waals surface area contributed by atoms with E-state index in [9.17, 15) is 0 Å². The first kappa shape index (κ1) is 13.0. The molecule has 0 heterocycles. The normalized spacial score (nSPS) is 20.6. The summed E-state index contributed by atoms with van der Waals surface area (Å²) in [6, 6.07) is 0.555. The lowest BCUT2D eigenvalue weighted by molar-refractivity contribution is 0.0475. The van der Waals surface area contributed by atoms with Crippen LogP contribution < -0.4 is 5.32 Å². The average Bonchev–Trinajstić information content (AvgIpc) is 3.00. The van der Waals surface area contributed by atoms with Gasteiger partial charge in [0.1, 0.15) is 0 Å². The lowest BCUT2D eigenvalue weighted by Gasteiger charge is -2.26. The first-order chi connectivity index (χ1) is 7.15. The SMILES string of the molecule is CCCNC(COC(C)C)C(C)C1CC1. The third-order valence-electron chi connectivity index (χ3n) is 3.27. The van der Waals surface area contributed by atoms with Gasteiger partial charge in [0.05, 0.1) is 12.7 Å². The maximum atomic E-state index is 5.74. The number of nitrogens with one attached hydrogen (secondary N) is 1. The van der Waals surface area contributed by atoms with Crippen molar-refractivity contribution < 1.29 is 4.74 Å². The Morgan fingerprint density at radius 1 is 1.27 bits per heavy atom. The van der Waals surface area contributed by atoms with E-state index >= 15 is 0 Å². The molecule has 2 unspecified atom stereocenters. The molecule has 1 saturated carbocycles. The summed E-state index contributed by atoms with van der Waals surface area (Å²) >= 11 is 0. The van der Waals surface area contributed by atoms with Crippen molar-refractivity contribution in [2.24, 2.45) is 11.8 Å². The molecule has 15 heavy (non-hydrogen) atoms. The Bertz CT molecular complexity index is 166. The zero-order chi connectivity index (χ0) is 11.3. The van der Waals surface area contributed by atoms with Crippen molar-refractivity contribution in [1.82, 2.24) is 5.32 Å². The van der Waals surface area contributed by atoms with E-state index in [4.69, 9.17) is 4.74 Å². The molecule has 0 bridgehead atoms. The van der Waals surface area contributed by atoms with Gasteiger partial charge in [-0.1, -0.05) is 13.8 Å². The number of rotatable bonds is 8. The van der Waals surface area contributed by atoms with Gasteiger partial charge in [0.2, 0.25) is 0 Å². The van der Waals surface area contributed by atoms with Gasteiger partial charge >= 0.3 is 0 Å². The van der Waals surface area contributed by atoms with Crippen LogP contribution in [0.4, 0.5) is 0 Å². The van der Waals surface area contributed by atoms with Crippen LogP contribution in [0, 0.1) is 11.8 Å². The Hall–Kier alpha value is -0.0800. The fourth-order valence-corrected chi connectivity index (χ4v) is 1.97. The molecule has 0 spiro atoms. The van der Waals surface area contributed by atoms with Gasteiger partial charge in [-0.25, -0.2) is 0 Å². The van der Waals surface area contributed by atoms with Crippen LogP contribution >= 0.6 is 0 Å². The molecular formula is C13H27NO. The Labute approximate surface area is 94.8 Å². The quantitative estimate of drug-likeness (QED) is 0.669. The summed E-state index contributed by atoms with van der Waals surface area (Å²) in [5, 5.41) is 3.62. The van der Waals surface area contributed by atoms with Crippen molar-refractivity contribution in [2.45, 2.75) is 59.1 Å². The maximum absolute atomic E-state index is 5.74. The summed E-state index contributed by atoms with van der Waals surface area (Å²) < 4.78 is 5.74. The van der Waals surface area contributed by atoms with E-state index in [0.717, 1.165) is 25.0 Å². The van der Waals surface area contributed by atoms with Crippen molar-refractivity contribution in [3.8, 4) is 0 Å². The van der Waals surface area contributed by atoms with E-state index in [0.29, 0.717) is 12.1 Å². The van der Waals surface area contributed by atoms with E-state index in [1.54, 1.807) is 0 Å².